The average molecular weight is 277 g/mol. The number of hydrogen-bond acceptors (Lipinski definition) is 3. The molecule has 0 radical (unpaired) electrons. The minimum Gasteiger partial charge on any atom is -0.469 e. The highest BCUT2D eigenvalue weighted by Crippen LogP contribution is 2.12. The first-order valence-electron chi connectivity index (χ1n) is 6.97. The largest absolute Gasteiger partial charge is 0.469 e. The van der Waals surface area contributed by atoms with Crippen LogP contribution in [0.2, 0.25) is 0 Å². The molecule has 0 saturated heterocycles. The number of amides is 1. The Bertz CT molecular complexity index is 449. The Balaban J connectivity index is 2.29. The van der Waals surface area contributed by atoms with Crippen molar-refractivity contribution >= 4 is 11.9 Å². The van der Waals surface area contributed by atoms with Gasteiger partial charge in [-0.2, -0.15) is 0 Å². The van der Waals surface area contributed by atoms with Gasteiger partial charge >= 0.3 is 5.97 Å². The molecule has 1 rings (SSSR count). The highest BCUT2D eigenvalue weighted by atomic mass is 16.5. The van der Waals surface area contributed by atoms with Crippen molar-refractivity contribution in [2.75, 3.05) is 13.7 Å². The van der Waals surface area contributed by atoms with Crippen LogP contribution in [0.25, 0.3) is 0 Å². The van der Waals surface area contributed by atoms with Crippen molar-refractivity contribution in [3.63, 3.8) is 0 Å². The molecule has 0 aliphatic heterocycles. The van der Waals surface area contributed by atoms with E-state index in [4.69, 9.17) is 0 Å². The predicted octanol–water partition coefficient (Wildman–Crippen LogP) is 2.77. The van der Waals surface area contributed by atoms with Gasteiger partial charge in [-0.15, -0.1) is 0 Å². The molecule has 0 aromatic heterocycles. The van der Waals surface area contributed by atoms with Crippen LogP contribution in [0.4, 0.5) is 0 Å². The lowest BCUT2D eigenvalue weighted by Crippen LogP contribution is -2.26. The quantitative estimate of drug-likeness (QED) is 0.616. The van der Waals surface area contributed by atoms with Gasteiger partial charge in [-0.25, -0.2) is 0 Å². The van der Waals surface area contributed by atoms with Gasteiger partial charge < -0.3 is 10.1 Å². The van der Waals surface area contributed by atoms with Crippen LogP contribution in [0.5, 0.6) is 0 Å². The lowest BCUT2D eigenvalue weighted by Gasteiger charge is -2.10. The Kier molecular flexibility index (Phi) is 6.77. The highest BCUT2D eigenvalue weighted by Gasteiger charge is 2.10. The maximum absolute atomic E-state index is 12.1. The summed E-state index contributed by atoms with van der Waals surface area (Å²) in [6.45, 7) is 4.52. The Morgan fingerprint density at radius 2 is 1.75 bits per heavy atom. The summed E-state index contributed by atoms with van der Waals surface area (Å²) >= 11 is 0. The van der Waals surface area contributed by atoms with Crippen LogP contribution in [0.3, 0.4) is 0 Å². The van der Waals surface area contributed by atoms with Crippen molar-refractivity contribution < 1.29 is 14.3 Å². The number of benzene rings is 1. The molecule has 0 bridgehead atoms. The molecule has 0 heterocycles. The van der Waals surface area contributed by atoms with Gasteiger partial charge in [0.05, 0.1) is 7.11 Å². The molecule has 1 N–H and O–H groups in total. The fourth-order valence-corrected chi connectivity index (χ4v) is 2.14. The smallest absolute Gasteiger partial charge is 0.305 e. The van der Waals surface area contributed by atoms with E-state index in [0.717, 1.165) is 36.0 Å². The second-order valence-corrected chi connectivity index (χ2v) is 4.91. The van der Waals surface area contributed by atoms with Crippen LogP contribution in [0, 0.1) is 13.8 Å². The van der Waals surface area contributed by atoms with E-state index < -0.39 is 0 Å². The van der Waals surface area contributed by atoms with E-state index >= 15 is 0 Å². The van der Waals surface area contributed by atoms with E-state index in [1.165, 1.54) is 7.11 Å². The van der Waals surface area contributed by atoms with E-state index in [2.05, 4.69) is 10.1 Å². The number of nitrogens with one attached hydrogen (secondary N) is 1. The lowest BCUT2D eigenvalue weighted by atomic mass is 10.0. The number of ether oxygens (including phenoxy) is 1. The van der Waals surface area contributed by atoms with Gasteiger partial charge in [-0.3, -0.25) is 9.59 Å². The van der Waals surface area contributed by atoms with Crippen LogP contribution < -0.4 is 5.32 Å². The summed E-state index contributed by atoms with van der Waals surface area (Å²) in [5, 5.41) is 2.93. The number of unbranched alkanes of at least 4 members (excludes halogenated alkanes) is 2. The van der Waals surface area contributed by atoms with Gasteiger partial charge in [0.15, 0.2) is 0 Å². The summed E-state index contributed by atoms with van der Waals surface area (Å²) in [5.41, 5.74) is 2.75. The Morgan fingerprint density at radius 3 is 2.35 bits per heavy atom. The van der Waals surface area contributed by atoms with Gasteiger partial charge in [-0.05, 0) is 37.8 Å². The van der Waals surface area contributed by atoms with E-state index in [9.17, 15) is 9.59 Å². The van der Waals surface area contributed by atoms with Gasteiger partial charge in [0, 0.05) is 18.5 Å². The van der Waals surface area contributed by atoms with Crippen LogP contribution in [0.15, 0.2) is 18.2 Å². The van der Waals surface area contributed by atoms with E-state index in [1.807, 2.05) is 32.0 Å². The van der Waals surface area contributed by atoms with Crippen LogP contribution in [-0.4, -0.2) is 25.5 Å². The van der Waals surface area contributed by atoms with Crippen molar-refractivity contribution in [1.82, 2.24) is 5.32 Å². The van der Waals surface area contributed by atoms with Gasteiger partial charge in [0.2, 0.25) is 0 Å². The molecule has 1 amide bonds. The molecular weight excluding hydrogens is 254 g/mol. The maximum atomic E-state index is 12.1. The molecule has 1 aromatic carbocycles. The van der Waals surface area contributed by atoms with Gasteiger partial charge in [0.25, 0.3) is 5.91 Å². The zero-order valence-electron chi connectivity index (χ0n) is 12.5. The number of aryl methyl sites for hydroxylation is 2. The molecular formula is C16H23NO3. The summed E-state index contributed by atoms with van der Waals surface area (Å²) in [5.74, 6) is -0.196. The molecule has 20 heavy (non-hydrogen) atoms. The summed E-state index contributed by atoms with van der Waals surface area (Å²) < 4.78 is 4.57. The second-order valence-electron chi connectivity index (χ2n) is 4.91. The molecule has 4 heteroatoms. The molecule has 0 saturated carbocycles. The third-order valence-electron chi connectivity index (χ3n) is 3.28. The zero-order valence-corrected chi connectivity index (χ0v) is 12.5. The van der Waals surface area contributed by atoms with Crippen molar-refractivity contribution in [1.29, 1.82) is 0 Å². The van der Waals surface area contributed by atoms with Crippen LogP contribution in [0.1, 0.15) is 47.2 Å². The van der Waals surface area contributed by atoms with E-state index in [1.54, 1.807) is 0 Å². The number of methoxy groups -OCH3 is 1. The fourth-order valence-electron chi connectivity index (χ4n) is 2.14. The summed E-state index contributed by atoms with van der Waals surface area (Å²) in [7, 11) is 1.40. The van der Waals surface area contributed by atoms with Crippen molar-refractivity contribution in [3.8, 4) is 0 Å². The van der Waals surface area contributed by atoms with Crippen molar-refractivity contribution in [2.45, 2.75) is 39.5 Å². The van der Waals surface area contributed by atoms with Crippen molar-refractivity contribution in [3.05, 3.63) is 34.9 Å². The molecule has 110 valence electrons. The van der Waals surface area contributed by atoms with Crippen LogP contribution >= 0.6 is 0 Å². The average Bonchev–Trinajstić information content (AvgIpc) is 2.42. The predicted molar refractivity (Wildman–Crippen MR) is 78.7 cm³/mol. The minimum atomic E-state index is -0.176. The minimum absolute atomic E-state index is 0.0198. The van der Waals surface area contributed by atoms with Gasteiger partial charge in [0.1, 0.15) is 0 Å². The Hall–Kier alpha value is -1.84. The molecule has 0 atom stereocenters. The molecule has 0 aliphatic rings. The molecule has 0 aliphatic carbocycles. The van der Waals surface area contributed by atoms with Crippen molar-refractivity contribution in [2.24, 2.45) is 0 Å². The van der Waals surface area contributed by atoms with Gasteiger partial charge in [-0.1, -0.05) is 24.6 Å². The maximum Gasteiger partial charge on any atom is 0.305 e. The number of rotatable bonds is 7. The molecule has 4 nitrogen and oxygen atoms in total. The normalized spacial score (nSPS) is 10.2. The summed E-state index contributed by atoms with van der Waals surface area (Å²) in [6, 6.07) is 5.84. The monoisotopic (exact) mass is 277 g/mol. The first-order valence-corrected chi connectivity index (χ1v) is 6.97. The summed E-state index contributed by atoms with van der Waals surface area (Å²) in [6.07, 6.45) is 3.02. The standard InChI is InChI=1S/C16H23NO3/c1-12-8-7-9-13(2)15(12)16(19)17-11-6-4-5-10-14(18)20-3/h7-9H,4-6,10-11H2,1-3H3,(H,17,19). The number of carbonyl (C=O) groups is 2. The van der Waals surface area contributed by atoms with Crippen LogP contribution in [-0.2, 0) is 9.53 Å². The molecule has 0 unspecified atom stereocenters. The third kappa shape index (κ3) is 5.03. The first-order chi connectivity index (χ1) is 9.56. The number of esters is 1. The Labute approximate surface area is 120 Å². The molecule has 0 spiro atoms. The molecule has 1 aromatic rings. The lowest BCUT2D eigenvalue weighted by molar-refractivity contribution is -0.140. The highest BCUT2D eigenvalue weighted by molar-refractivity contribution is 5.97. The second kappa shape index (κ2) is 8.35. The third-order valence-corrected chi connectivity index (χ3v) is 3.28. The van der Waals surface area contributed by atoms with E-state index in [-0.39, 0.29) is 11.9 Å². The number of carbonyl (C=O) groups excluding carboxylic acids is 2. The number of hydrogen-bond donors (Lipinski definition) is 1. The Morgan fingerprint density at radius 1 is 1.10 bits per heavy atom. The van der Waals surface area contributed by atoms with E-state index in [0.29, 0.717) is 13.0 Å². The SMILES string of the molecule is COC(=O)CCCCCNC(=O)c1c(C)cccc1C. The first kappa shape index (κ1) is 16.2. The molecule has 0 fully saturated rings. The fraction of sp³-hybridized carbons (Fsp3) is 0.500. The summed E-state index contributed by atoms with van der Waals surface area (Å²) in [4.78, 5) is 23.0. The topological polar surface area (TPSA) is 55.4 Å². The zero-order chi connectivity index (χ0) is 15.0.